The van der Waals surface area contributed by atoms with Crippen molar-refractivity contribution in [2.45, 2.75) is 25.5 Å². The molecule has 20 heavy (non-hydrogen) atoms. The van der Waals surface area contributed by atoms with E-state index in [1.807, 2.05) is 0 Å². The molecule has 0 radical (unpaired) electrons. The van der Waals surface area contributed by atoms with Gasteiger partial charge in [0, 0.05) is 6.54 Å². The van der Waals surface area contributed by atoms with Crippen molar-refractivity contribution in [3.8, 4) is 0 Å². The molecule has 2 rings (SSSR count). The molecule has 0 aliphatic heterocycles. The van der Waals surface area contributed by atoms with Crippen LogP contribution in [0.2, 0.25) is 0 Å². The third-order valence-corrected chi connectivity index (χ3v) is 3.47. The summed E-state index contributed by atoms with van der Waals surface area (Å²) in [7, 11) is 0. The van der Waals surface area contributed by atoms with Gasteiger partial charge >= 0.3 is 0 Å². The number of halogens is 1. The number of thioether (sulfide) groups is 1. The number of nitrogens with one attached hydrogen (secondary N) is 2. The van der Waals surface area contributed by atoms with Gasteiger partial charge in [-0.05, 0) is 31.0 Å². The van der Waals surface area contributed by atoms with Gasteiger partial charge in [0.15, 0.2) is 0 Å². The summed E-state index contributed by atoms with van der Waals surface area (Å²) in [5.74, 6) is 0.613. The Morgan fingerprint density at radius 2 is 2.25 bits per heavy atom. The molecule has 1 aromatic carbocycles. The average molecular weight is 294 g/mol. The SMILES string of the molecule is Cc1nc(SCC(=O)NCc2ccc(F)c(C)c2)n[nH]1. The number of H-pyrrole nitrogens is 1. The van der Waals surface area contributed by atoms with Crippen LogP contribution < -0.4 is 5.32 Å². The Balaban J connectivity index is 1.78. The number of carbonyl (C=O) groups excluding carboxylic acids is 1. The van der Waals surface area contributed by atoms with Gasteiger partial charge in [-0.3, -0.25) is 9.89 Å². The van der Waals surface area contributed by atoms with E-state index in [-0.39, 0.29) is 17.5 Å². The molecule has 1 amide bonds. The van der Waals surface area contributed by atoms with Crippen LogP contribution in [0.15, 0.2) is 23.4 Å². The maximum absolute atomic E-state index is 13.1. The lowest BCUT2D eigenvalue weighted by molar-refractivity contribution is -0.118. The highest BCUT2D eigenvalue weighted by molar-refractivity contribution is 7.99. The number of hydrogen-bond acceptors (Lipinski definition) is 4. The molecule has 0 saturated heterocycles. The zero-order valence-corrected chi connectivity index (χ0v) is 12.1. The number of amides is 1. The van der Waals surface area contributed by atoms with Gasteiger partial charge in [0.2, 0.25) is 11.1 Å². The largest absolute Gasteiger partial charge is 0.351 e. The molecule has 0 bridgehead atoms. The third kappa shape index (κ3) is 4.06. The van der Waals surface area contributed by atoms with Crippen molar-refractivity contribution in [2.75, 3.05) is 5.75 Å². The first kappa shape index (κ1) is 14.5. The van der Waals surface area contributed by atoms with Crippen LogP contribution >= 0.6 is 11.8 Å². The molecule has 1 aromatic heterocycles. The molecule has 1 heterocycles. The number of aromatic nitrogens is 3. The van der Waals surface area contributed by atoms with E-state index in [0.29, 0.717) is 17.3 Å². The molecular weight excluding hydrogens is 279 g/mol. The molecule has 0 saturated carbocycles. The first-order valence-electron chi connectivity index (χ1n) is 6.08. The molecule has 2 aromatic rings. The summed E-state index contributed by atoms with van der Waals surface area (Å²) in [5.41, 5.74) is 1.44. The second-order valence-corrected chi connectivity index (χ2v) is 5.29. The van der Waals surface area contributed by atoms with Crippen molar-refractivity contribution < 1.29 is 9.18 Å². The normalized spacial score (nSPS) is 10.6. The average Bonchev–Trinajstić information content (AvgIpc) is 2.83. The zero-order valence-electron chi connectivity index (χ0n) is 11.2. The predicted molar refractivity (Wildman–Crippen MR) is 74.8 cm³/mol. The summed E-state index contributed by atoms with van der Waals surface area (Å²) < 4.78 is 13.1. The number of aryl methyl sites for hydroxylation is 2. The molecule has 106 valence electrons. The quantitative estimate of drug-likeness (QED) is 0.827. The number of aromatic amines is 1. The van der Waals surface area contributed by atoms with Crippen molar-refractivity contribution in [3.63, 3.8) is 0 Å². The second kappa shape index (κ2) is 6.51. The van der Waals surface area contributed by atoms with Gasteiger partial charge in [-0.1, -0.05) is 23.9 Å². The van der Waals surface area contributed by atoms with Gasteiger partial charge in [0.1, 0.15) is 11.6 Å². The molecule has 2 N–H and O–H groups in total. The Bertz CT molecular complexity index is 614. The summed E-state index contributed by atoms with van der Waals surface area (Å²) in [5, 5.41) is 9.97. The lowest BCUT2D eigenvalue weighted by Crippen LogP contribution is -2.24. The van der Waals surface area contributed by atoms with Crippen molar-refractivity contribution in [3.05, 3.63) is 41.0 Å². The first-order chi connectivity index (χ1) is 9.54. The fourth-order valence-corrected chi connectivity index (χ4v) is 2.26. The number of rotatable bonds is 5. The maximum atomic E-state index is 13.1. The van der Waals surface area contributed by atoms with Gasteiger partial charge < -0.3 is 5.32 Å². The van der Waals surface area contributed by atoms with Gasteiger partial charge in [-0.25, -0.2) is 9.37 Å². The van der Waals surface area contributed by atoms with Crippen LogP contribution in [0.5, 0.6) is 0 Å². The standard InChI is InChI=1S/C13H15FN4OS/c1-8-5-10(3-4-11(8)14)6-15-12(19)7-20-13-16-9(2)17-18-13/h3-5H,6-7H2,1-2H3,(H,15,19)(H,16,17,18). The minimum atomic E-state index is -0.240. The summed E-state index contributed by atoms with van der Waals surface area (Å²) in [6.07, 6.45) is 0. The van der Waals surface area contributed by atoms with Crippen LogP contribution in [-0.2, 0) is 11.3 Å². The van der Waals surface area contributed by atoms with Crippen LogP contribution in [0.3, 0.4) is 0 Å². The number of carbonyl (C=O) groups is 1. The molecule has 5 nitrogen and oxygen atoms in total. The van der Waals surface area contributed by atoms with Crippen LogP contribution in [0, 0.1) is 19.7 Å². The van der Waals surface area contributed by atoms with Crippen LogP contribution in [0.4, 0.5) is 4.39 Å². The zero-order chi connectivity index (χ0) is 14.5. The van der Waals surface area contributed by atoms with E-state index in [2.05, 4.69) is 20.5 Å². The highest BCUT2D eigenvalue weighted by Crippen LogP contribution is 2.12. The monoisotopic (exact) mass is 294 g/mol. The van der Waals surface area contributed by atoms with Crippen molar-refractivity contribution in [1.29, 1.82) is 0 Å². The number of benzene rings is 1. The van der Waals surface area contributed by atoms with Crippen LogP contribution in [0.1, 0.15) is 17.0 Å². The molecule has 0 aliphatic rings. The summed E-state index contributed by atoms with van der Waals surface area (Å²) in [6.45, 7) is 3.88. The summed E-state index contributed by atoms with van der Waals surface area (Å²) >= 11 is 1.26. The van der Waals surface area contributed by atoms with E-state index >= 15 is 0 Å². The molecule has 0 fully saturated rings. The smallest absolute Gasteiger partial charge is 0.230 e. The number of nitrogens with zero attached hydrogens (tertiary/aromatic N) is 2. The predicted octanol–water partition coefficient (Wildman–Crippen LogP) is 1.97. The Morgan fingerprint density at radius 1 is 1.45 bits per heavy atom. The third-order valence-electron chi connectivity index (χ3n) is 2.62. The lowest BCUT2D eigenvalue weighted by atomic mass is 10.1. The van der Waals surface area contributed by atoms with Crippen LogP contribution in [-0.4, -0.2) is 26.8 Å². The molecule has 0 spiro atoms. The highest BCUT2D eigenvalue weighted by Gasteiger charge is 2.06. The van der Waals surface area contributed by atoms with E-state index in [4.69, 9.17) is 0 Å². The lowest BCUT2D eigenvalue weighted by Gasteiger charge is -2.05. The van der Waals surface area contributed by atoms with Gasteiger partial charge in [-0.15, -0.1) is 5.10 Å². The summed E-state index contributed by atoms with van der Waals surface area (Å²) in [6, 6.07) is 4.79. The maximum Gasteiger partial charge on any atom is 0.230 e. The van der Waals surface area contributed by atoms with Crippen LogP contribution in [0.25, 0.3) is 0 Å². The fraction of sp³-hybridized carbons (Fsp3) is 0.308. The van der Waals surface area contributed by atoms with E-state index in [9.17, 15) is 9.18 Å². The number of hydrogen-bond donors (Lipinski definition) is 2. The molecule has 0 atom stereocenters. The first-order valence-corrected chi connectivity index (χ1v) is 7.06. The molecule has 0 unspecified atom stereocenters. The second-order valence-electron chi connectivity index (χ2n) is 4.35. The van der Waals surface area contributed by atoms with E-state index in [1.165, 1.54) is 17.8 Å². The van der Waals surface area contributed by atoms with Gasteiger partial charge in [0.05, 0.1) is 5.75 Å². The van der Waals surface area contributed by atoms with Gasteiger partial charge in [-0.2, -0.15) is 0 Å². The summed E-state index contributed by atoms with van der Waals surface area (Å²) in [4.78, 5) is 15.8. The topological polar surface area (TPSA) is 70.7 Å². The van der Waals surface area contributed by atoms with E-state index < -0.39 is 0 Å². The van der Waals surface area contributed by atoms with Crippen molar-refractivity contribution in [2.24, 2.45) is 0 Å². The van der Waals surface area contributed by atoms with Gasteiger partial charge in [0.25, 0.3) is 0 Å². The van der Waals surface area contributed by atoms with Crippen molar-refractivity contribution in [1.82, 2.24) is 20.5 Å². The fourth-order valence-electron chi connectivity index (χ4n) is 1.59. The molecular formula is C13H15FN4OS. The van der Waals surface area contributed by atoms with E-state index in [1.54, 1.807) is 26.0 Å². The van der Waals surface area contributed by atoms with Crippen molar-refractivity contribution >= 4 is 17.7 Å². The Morgan fingerprint density at radius 3 is 2.90 bits per heavy atom. The molecule has 0 aliphatic carbocycles. The minimum Gasteiger partial charge on any atom is -0.351 e. The minimum absolute atomic E-state index is 0.112. The highest BCUT2D eigenvalue weighted by atomic mass is 32.2. The molecule has 7 heteroatoms. The Hall–Kier alpha value is -1.89. The van der Waals surface area contributed by atoms with E-state index in [0.717, 1.165) is 11.4 Å². The Labute approximate surface area is 120 Å². The Kier molecular flexibility index (Phi) is 4.73.